The second kappa shape index (κ2) is 19.3. The lowest BCUT2D eigenvalue weighted by atomic mass is 10.1. The number of carbonyl (C=O) groups excluding carboxylic acids is 1. The van der Waals surface area contributed by atoms with Crippen LogP contribution in [-0.2, 0) is 28.2 Å². The highest BCUT2D eigenvalue weighted by atomic mass is 32.5. The number of fused-ring (bicyclic) bond motifs is 1. The number of carbonyl (C=O) groups is 1. The maximum absolute atomic E-state index is 17.7. The van der Waals surface area contributed by atoms with E-state index in [1.54, 1.807) is 49.5 Å². The zero-order valence-electron chi connectivity index (χ0n) is 33.9. The molecule has 0 spiro atoms. The van der Waals surface area contributed by atoms with Gasteiger partial charge in [-0.2, -0.15) is 0 Å². The molecule has 314 valence electrons. The van der Waals surface area contributed by atoms with Crippen LogP contribution in [-0.4, -0.2) is 75.2 Å². The first-order valence-corrected chi connectivity index (χ1v) is 24.1. The third-order valence-electron chi connectivity index (χ3n) is 10.2. The minimum absolute atomic E-state index is 0.162. The van der Waals surface area contributed by atoms with Crippen LogP contribution in [0.1, 0.15) is 69.4 Å². The molecule has 2 N–H and O–H groups in total. The van der Waals surface area contributed by atoms with Crippen LogP contribution in [0.4, 0.5) is 10.2 Å². The average molecular weight is 871 g/mol. The number of ether oxygens (including phenoxy) is 2. The normalized spacial score (nSPS) is 19.3. The van der Waals surface area contributed by atoms with Crippen LogP contribution in [0.25, 0.3) is 11.2 Å². The third-order valence-corrected chi connectivity index (χ3v) is 17.1. The molecule has 0 radical (unpaired) electrons. The molecular weight excluding hydrogens is 823 g/mol. The van der Waals surface area contributed by atoms with Crippen LogP contribution in [0.5, 0.6) is 5.75 Å². The van der Waals surface area contributed by atoms with Gasteiger partial charge < -0.3 is 24.1 Å². The molecule has 0 saturated carbocycles. The Bertz CT molecular complexity index is 2360. The van der Waals surface area contributed by atoms with E-state index in [9.17, 15) is 9.69 Å². The van der Waals surface area contributed by atoms with Gasteiger partial charge in [0.15, 0.2) is 29.4 Å². The summed E-state index contributed by atoms with van der Waals surface area (Å²) in [6.45, 7) is 10.5. The molecule has 13 nitrogen and oxygen atoms in total. The number of pyridine rings is 1. The summed E-state index contributed by atoms with van der Waals surface area (Å²) in [5.74, 6) is 0.436. The third kappa shape index (κ3) is 9.26. The molecule has 0 aliphatic carbocycles. The van der Waals surface area contributed by atoms with Crippen LogP contribution >= 0.6 is 7.58 Å². The zero-order chi connectivity index (χ0) is 42.3. The van der Waals surface area contributed by atoms with Crippen LogP contribution in [0, 0.1) is 0 Å². The molecule has 1 amide bonds. The van der Waals surface area contributed by atoms with Crippen molar-refractivity contribution < 1.29 is 36.3 Å². The van der Waals surface area contributed by atoms with Crippen LogP contribution in [0.15, 0.2) is 122 Å². The highest BCUT2D eigenvalue weighted by Crippen LogP contribution is 2.43. The first-order valence-electron chi connectivity index (χ1n) is 19.6. The molecule has 3 aromatic heterocycles. The van der Waals surface area contributed by atoms with E-state index in [2.05, 4.69) is 46.0 Å². The number of amides is 1. The molecule has 1 unspecified atom stereocenters. The van der Waals surface area contributed by atoms with E-state index in [0.29, 0.717) is 23.6 Å². The van der Waals surface area contributed by atoms with Crippen LogP contribution in [0.2, 0.25) is 5.04 Å². The van der Waals surface area contributed by atoms with Crippen molar-refractivity contribution in [3.63, 3.8) is 0 Å². The number of hydrogen-bond donors (Lipinski definition) is 2. The first-order chi connectivity index (χ1) is 29.0. The monoisotopic (exact) mass is 870 g/mol. The van der Waals surface area contributed by atoms with Crippen molar-refractivity contribution in [2.75, 3.05) is 18.5 Å². The van der Waals surface area contributed by atoms with E-state index < -0.39 is 54.7 Å². The molecule has 6 aromatic rings. The number of nitrogens with zero attached hydrogens (tertiary/aromatic N) is 5. The van der Waals surface area contributed by atoms with Crippen molar-refractivity contribution in [3.8, 4) is 5.75 Å². The van der Waals surface area contributed by atoms with Gasteiger partial charge in [0.25, 0.3) is 14.2 Å². The van der Waals surface area contributed by atoms with E-state index in [0.717, 1.165) is 16.8 Å². The van der Waals surface area contributed by atoms with Gasteiger partial charge in [-0.05, 0) is 47.0 Å². The molecule has 7 rings (SSSR count). The minimum atomic E-state index is -3.35. The summed E-state index contributed by atoms with van der Waals surface area (Å²) in [6, 6.07) is 32.2. The highest BCUT2D eigenvalue weighted by molar-refractivity contribution is 8.13. The maximum Gasteiger partial charge on any atom is 0.261 e. The molecule has 0 bridgehead atoms. The topological polar surface area (TPSA) is 152 Å². The summed E-state index contributed by atoms with van der Waals surface area (Å²) in [6.07, 6.45) is -0.596. The fourth-order valence-corrected chi connectivity index (χ4v) is 13.6. The Morgan fingerprint density at radius 3 is 2.28 bits per heavy atom. The van der Waals surface area contributed by atoms with Crippen LogP contribution in [0.3, 0.4) is 0 Å². The van der Waals surface area contributed by atoms with Crippen molar-refractivity contribution in [2.24, 2.45) is 0 Å². The highest BCUT2D eigenvalue weighted by Gasteiger charge is 2.57. The summed E-state index contributed by atoms with van der Waals surface area (Å²) in [5.41, 5.74) is 1.52. The summed E-state index contributed by atoms with van der Waals surface area (Å²) < 4.78 is 51.4. The van der Waals surface area contributed by atoms with Gasteiger partial charge in [0.2, 0.25) is 0 Å². The van der Waals surface area contributed by atoms with Crippen molar-refractivity contribution in [2.45, 2.75) is 76.8 Å². The van der Waals surface area contributed by atoms with Gasteiger partial charge in [0.1, 0.15) is 48.6 Å². The number of hydrogen-bond acceptors (Lipinski definition) is 10. The van der Waals surface area contributed by atoms with Crippen molar-refractivity contribution in [1.82, 2.24) is 24.5 Å². The fourth-order valence-electron chi connectivity index (χ4n) is 7.32. The molecule has 1 saturated heterocycles. The molecule has 1 aliphatic rings. The lowest BCUT2D eigenvalue weighted by Gasteiger charge is -2.45. The second-order valence-electron chi connectivity index (χ2n) is 15.2. The molecule has 3 aromatic carbocycles. The molecule has 60 heavy (non-hydrogen) atoms. The predicted molar refractivity (Wildman–Crippen MR) is 233 cm³/mol. The summed E-state index contributed by atoms with van der Waals surface area (Å²) >= 11 is 0. The number of alkyl halides is 1. The summed E-state index contributed by atoms with van der Waals surface area (Å²) in [4.78, 5) is 41.3. The Morgan fingerprint density at radius 1 is 0.983 bits per heavy atom. The van der Waals surface area contributed by atoms with Crippen molar-refractivity contribution in [3.05, 3.63) is 133 Å². The van der Waals surface area contributed by atoms with Gasteiger partial charge in [0.05, 0.1) is 25.2 Å². The van der Waals surface area contributed by atoms with Crippen molar-refractivity contribution in [1.29, 1.82) is 0 Å². The number of halogens is 1. The Morgan fingerprint density at radius 2 is 1.65 bits per heavy atom. The van der Waals surface area contributed by atoms with Crippen molar-refractivity contribution >= 4 is 59.8 Å². The van der Waals surface area contributed by atoms with E-state index in [1.165, 1.54) is 17.2 Å². The maximum atomic E-state index is 17.7. The Labute approximate surface area is 353 Å². The van der Waals surface area contributed by atoms with E-state index in [-0.39, 0.29) is 37.1 Å². The van der Waals surface area contributed by atoms with E-state index >= 15 is 4.39 Å². The predicted octanol–water partition coefficient (Wildman–Crippen LogP) is 7.45. The molecule has 1 fully saturated rings. The number of aromatic nitrogens is 5. The van der Waals surface area contributed by atoms with Gasteiger partial charge in [0, 0.05) is 17.8 Å². The standard InChI is InChI=1S/C43H48FN6O7PSSi/c1-6-24-53-31-22-23-45-34(25-31)29(2)56-59(58-52)54-26-35-38(57-60(43(3,4)5,32-18-12-8-13-19-32)33-20-14-9-15-21-33)36(44)42(55-35)50-28-48-37-39(46-27-47-40(37)50)49-41(51)30-16-10-7-11-17-30/h7-23,25,27-29,35-36,38,42,52H,6,24,26H2,1-5H3,(H,46,47,49,51)/t29-,35-,36-,38-,42-,59?/m1/s1. The number of imidazole rings is 1. The molecule has 17 heteroatoms. The van der Waals surface area contributed by atoms with Gasteiger partial charge in [-0.3, -0.25) is 22.7 Å². The second-order valence-corrected chi connectivity index (χ2v) is 21.9. The van der Waals surface area contributed by atoms with E-state index in [1.807, 2.05) is 73.7 Å². The Hall–Kier alpha value is -4.77. The average Bonchev–Trinajstić information content (AvgIpc) is 3.84. The smallest absolute Gasteiger partial charge is 0.261 e. The molecular formula is C43H48FN6O7PSSi. The van der Waals surface area contributed by atoms with E-state index in [4.69, 9.17) is 22.3 Å². The Balaban J connectivity index is 1.23. The quantitative estimate of drug-likeness (QED) is 0.0737. The number of nitrogens with one attached hydrogen (secondary N) is 1. The number of rotatable bonds is 16. The number of anilines is 1. The first kappa shape index (κ1) is 43.3. The number of benzene rings is 3. The van der Waals surface area contributed by atoms with Gasteiger partial charge in [-0.15, -0.1) is 0 Å². The lowest BCUT2D eigenvalue weighted by Crippen LogP contribution is -2.69. The molecule has 6 atom stereocenters. The largest absolute Gasteiger partial charge is 0.493 e. The van der Waals surface area contributed by atoms with Crippen LogP contribution < -0.4 is 20.4 Å². The summed E-state index contributed by atoms with van der Waals surface area (Å²) in [5, 5.41) is 4.24. The lowest BCUT2D eigenvalue weighted by molar-refractivity contribution is -0.0389. The zero-order valence-corrected chi connectivity index (χ0v) is 36.6. The molecule has 4 heterocycles. The van der Waals surface area contributed by atoms with Gasteiger partial charge in [-0.1, -0.05) is 107 Å². The Kier molecular flexibility index (Phi) is 13.9. The summed E-state index contributed by atoms with van der Waals surface area (Å²) in [7, 11) is -5.01. The SMILES string of the molecule is CCCOc1ccnc([C@@H](C)OS(OC[C@H]2O[C@@H](n3cnc4c(NC(=O)c5ccccc5)ncnc43)[C@H](F)[C@@H]2O[Si](c2ccccc2)(c2ccccc2)C(C)(C)C)=PO)c1. The van der Waals surface area contributed by atoms with Gasteiger partial charge >= 0.3 is 0 Å². The molecule has 1 aliphatic heterocycles. The fraction of sp³-hybridized carbons (Fsp3) is 0.326. The minimum Gasteiger partial charge on any atom is -0.493 e. The van der Waals surface area contributed by atoms with Gasteiger partial charge in [-0.25, -0.2) is 19.3 Å².